The summed E-state index contributed by atoms with van der Waals surface area (Å²) in [6, 6.07) is 0. The van der Waals surface area contributed by atoms with Crippen LogP contribution in [0.1, 0.15) is 33.6 Å². The van der Waals surface area contributed by atoms with Gasteiger partial charge in [-0.3, -0.25) is 4.79 Å². The molecular formula is C11H16O2. The van der Waals surface area contributed by atoms with Gasteiger partial charge in [0.25, 0.3) is 0 Å². The van der Waals surface area contributed by atoms with E-state index >= 15 is 0 Å². The third-order valence-corrected chi connectivity index (χ3v) is 3.38. The standard InChI is InChI=1S/C11H16O2/c1-8(2)11-6-4-5-10(3,7-11)13-9(11)12/h4,6,8H,5,7H2,1-3H3/t10-,11+/m1/s1. The molecule has 0 saturated carbocycles. The van der Waals surface area contributed by atoms with Gasteiger partial charge >= 0.3 is 5.97 Å². The van der Waals surface area contributed by atoms with Crippen molar-refractivity contribution in [3.8, 4) is 0 Å². The Morgan fingerprint density at radius 3 is 2.77 bits per heavy atom. The van der Waals surface area contributed by atoms with E-state index in [9.17, 15) is 4.79 Å². The molecule has 13 heavy (non-hydrogen) atoms. The van der Waals surface area contributed by atoms with Crippen LogP contribution in [-0.2, 0) is 9.53 Å². The maximum absolute atomic E-state index is 11.8. The molecule has 2 nitrogen and oxygen atoms in total. The number of carbonyl (C=O) groups is 1. The minimum Gasteiger partial charge on any atom is -0.458 e. The second-order valence-corrected chi connectivity index (χ2v) is 4.82. The fraction of sp³-hybridized carbons (Fsp3) is 0.727. The summed E-state index contributed by atoms with van der Waals surface area (Å²) in [7, 11) is 0. The second kappa shape index (κ2) is 2.37. The summed E-state index contributed by atoms with van der Waals surface area (Å²) < 4.78 is 5.44. The normalized spacial score (nSPS) is 42.6. The van der Waals surface area contributed by atoms with Gasteiger partial charge in [-0.05, 0) is 12.8 Å². The predicted molar refractivity (Wildman–Crippen MR) is 50.1 cm³/mol. The fourth-order valence-electron chi connectivity index (χ4n) is 2.44. The van der Waals surface area contributed by atoms with Crippen molar-refractivity contribution in [1.29, 1.82) is 0 Å². The molecule has 1 heterocycles. The molecule has 0 aromatic carbocycles. The lowest BCUT2D eigenvalue weighted by molar-refractivity contribution is -0.152. The number of hydrogen-bond donors (Lipinski definition) is 0. The van der Waals surface area contributed by atoms with E-state index in [1.54, 1.807) is 0 Å². The zero-order valence-corrected chi connectivity index (χ0v) is 8.46. The van der Waals surface area contributed by atoms with E-state index in [0.29, 0.717) is 5.92 Å². The summed E-state index contributed by atoms with van der Waals surface area (Å²) in [5.74, 6) is 0.303. The Bertz CT molecular complexity index is 280. The van der Waals surface area contributed by atoms with Crippen LogP contribution in [0.3, 0.4) is 0 Å². The second-order valence-electron chi connectivity index (χ2n) is 4.82. The predicted octanol–water partition coefficient (Wildman–Crippen LogP) is 2.29. The number of carbonyl (C=O) groups excluding carboxylic acids is 1. The lowest BCUT2D eigenvalue weighted by atomic mass is 9.69. The van der Waals surface area contributed by atoms with Gasteiger partial charge in [-0.2, -0.15) is 0 Å². The van der Waals surface area contributed by atoms with Crippen LogP contribution in [0.25, 0.3) is 0 Å². The van der Waals surface area contributed by atoms with E-state index in [2.05, 4.69) is 26.0 Å². The van der Waals surface area contributed by atoms with Crippen molar-refractivity contribution in [3.05, 3.63) is 12.2 Å². The van der Waals surface area contributed by atoms with E-state index in [0.717, 1.165) is 12.8 Å². The molecule has 72 valence electrons. The van der Waals surface area contributed by atoms with Gasteiger partial charge in [0, 0.05) is 12.8 Å². The van der Waals surface area contributed by atoms with Gasteiger partial charge in [-0.15, -0.1) is 0 Å². The summed E-state index contributed by atoms with van der Waals surface area (Å²) in [5.41, 5.74) is -0.552. The van der Waals surface area contributed by atoms with Crippen molar-refractivity contribution in [2.45, 2.75) is 39.2 Å². The van der Waals surface area contributed by atoms with Gasteiger partial charge in [0.1, 0.15) is 5.60 Å². The Hall–Kier alpha value is -0.790. The highest BCUT2D eigenvalue weighted by Gasteiger charge is 2.56. The van der Waals surface area contributed by atoms with Crippen molar-refractivity contribution in [2.75, 3.05) is 0 Å². The Balaban J connectivity index is 2.44. The number of ether oxygens (including phenoxy) is 1. The number of rotatable bonds is 1. The molecule has 1 fully saturated rings. The van der Waals surface area contributed by atoms with E-state index < -0.39 is 0 Å². The van der Waals surface area contributed by atoms with E-state index in [1.807, 2.05) is 6.92 Å². The molecule has 1 aliphatic carbocycles. The molecule has 2 aliphatic rings. The van der Waals surface area contributed by atoms with Gasteiger partial charge in [0.05, 0.1) is 5.41 Å². The Morgan fingerprint density at radius 2 is 2.23 bits per heavy atom. The van der Waals surface area contributed by atoms with Crippen LogP contribution in [0, 0.1) is 11.3 Å². The first-order valence-corrected chi connectivity index (χ1v) is 4.90. The van der Waals surface area contributed by atoms with Crippen LogP contribution >= 0.6 is 0 Å². The molecule has 0 N–H and O–H groups in total. The monoisotopic (exact) mass is 180 g/mol. The quantitative estimate of drug-likeness (QED) is 0.457. The Labute approximate surface area is 79.0 Å². The fourth-order valence-corrected chi connectivity index (χ4v) is 2.44. The maximum atomic E-state index is 11.8. The van der Waals surface area contributed by atoms with Crippen LogP contribution in [0.15, 0.2) is 12.2 Å². The average Bonchev–Trinajstić information content (AvgIpc) is 2.19. The highest BCUT2D eigenvalue weighted by molar-refractivity contribution is 5.83. The smallest absolute Gasteiger partial charge is 0.316 e. The van der Waals surface area contributed by atoms with Crippen molar-refractivity contribution in [1.82, 2.24) is 0 Å². The molecular weight excluding hydrogens is 164 g/mol. The third kappa shape index (κ3) is 1.04. The van der Waals surface area contributed by atoms with Gasteiger partial charge in [-0.25, -0.2) is 0 Å². The van der Waals surface area contributed by atoms with Crippen molar-refractivity contribution >= 4 is 5.97 Å². The molecule has 0 aromatic rings. The topological polar surface area (TPSA) is 26.3 Å². The van der Waals surface area contributed by atoms with Gasteiger partial charge < -0.3 is 4.74 Å². The largest absolute Gasteiger partial charge is 0.458 e. The first-order valence-electron chi connectivity index (χ1n) is 4.90. The first-order chi connectivity index (χ1) is 5.99. The highest BCUT2D eigenvalue weighted by Crippen LogP contribution is 2.51. The summed E-state index contributed by atoms with van der Waals surface area (Å²) in [4.78, 5) is 11.8. The van der Waals surface area contributed by atoms with E-state index in [-0.39, 0.29) is 17.0 Å². The number of fused-ring (bicyclic) bond motifs is 2. The molecule has 2 atom stereocenters. The highest BCUT2D eigenvalue weighted by atomic mass is 16.6. The molecule has 2 heteroatoms. The van der Waals surface area contributed by atoms with E-state index in [4.69, 9.17) is 4.74 Å². The molecule has 0 radical (unpaired) electrons. The van der Waals surface area contributed by atoms with E-state index in [1.165, 1.54) is 0 Å². The number of hydrogen-bond acceptors (Lipinski definition) is 2. The van der Waals surface area contributed by atoms with Gasteiger partial charge in [-0.1, -0.05) is 26.0 Å². The van der Waals surface area contributed by atoms with Crippen LogP contribution in [0.4, 0.5) is 0 Å². The zero-order valence-electron chi connectivity index (χ0n) is 8.46. The first kappa shape index (κ1) is 8.79. The van der Waals surface area contributed by atoms with Crippen LogP contribution in [-0.4, -0.2) is 11.6 Å². The average molecular weight is 180 g/mol. The Kier molecular flexibility index (Phi) is 1.60. The lowest BCUT2D eigenvalue weighted by Gasteiger charge is -2.30. The van der Waals surface area contributed by atoms with Crippen LogP contribution in [0.5, 0.6) is 0 Å². The SMILES string of the molecule is CC(C)[C@]12C=CC[C@](C)(C1)OC2=O. The summed E-state index contributed by atoms with van der Waals surface area (Å²) in [6.07, 6.45) is 5.86. The minimum atomic E-state index is -0.326. The van der Waals surface area contributed by atoms with Gasteiger partial charge in [0.2, 0.25) is 0 Å². The molecule has 2 bridgehead atoms. The lowest BCUT2D eigenvalue weighted by Crippen LogP contribution is -2.32. The van der Waals surface area contributed by atoms with Crippen LogP contribution in [0.2, 0.25) is 0 Å². The molecule has 1 aliphatic heterocycles. The van der Waals surface area contributed by atoms with Crippen molar-refractivity contribution in [3.63, 3.8) is 0 Å². The summed E-state index contributed by atoms with van der Waals surface area (Å²) in [6.45, 7) is 6.20. The third-order valence-electron chi connectivity index (χ3n) is 3.38. The van der Waals surface area contributed by atoms with Crippen molar-refractivity contribution in [2.24, 2.45) is 11.3 Å². The number of esters is 1. The maximum Gasteiger partial charge on any atom is 0.316 e. The van der Waals surface area contributed by atoms with Crippen molar-refractivity contribution < 1.29 is 9.53 Å². The molecule has 1 saturated heterocycles. The molecule has 0 amide bonds. The minimum absolute atomic E-state index is 0.0289. The summed E-state index contributed by atoms with van der Waals surface area (Å²) >= 11 is 0. The molecule has 0 aromatic heterocycles. The molecule has 2 rings (SSSR count). The Morgan fingerprint density at radius 1 is 1.54 bits per heavy atom. The summed E-state index contributed by atoms with van der Waals surface area (Å²) in [5, 5.41) is 0. The molecule has 0 spiro atoms. The zero-order chi connectivity index (χ0) is 9.69. The van der Waals surface area contributed by atoms with Crippen LogP contribution < -0.4 is 0 Å². The molecule has 0 unspecified atom stereocenters. The van der Waals surface area contributed by atoms with Gasteiger partial charge in [0.15, 0.2) is 0 Å².